The molecule has 114 valence electrons. The van der Waals surface area contributed by atoms with Crippen LogP contribution in [0.3, 0.4) is 0 Å². The number of hydrogen-bond acceptors (Lipinski definition) is 5. The Morgan fingerprint density at radius 2 is 2.10 bits per heavy atom. The smallest absolute Gasteiger partial charge is 0.0927 e. The SMILES string of the molecule is Cc1ncsc1CCOCC(O)C(N)Cc1ccccc1. The summed E-state index contributed by atoms with van der Waals surface area (Å²) in [6.45, 7) is 2.85. The van der Waals surface area contributed by atoms with Crippen molar-refractivity contribution < 1.29 is 9.84 Å². The number of aliphatic hydroxyl groups is 1. The molecule has 21 heavy (non-hydrogen) atoms. The number of aryl methyl sites for hydroxylation is 1. The number of rotatable bonds is 8. The van der Waals surface area contributed by atoms with Crippen LogP contribution in [-0.4, -0.2) is 35.5 Å². The van der Waals surface area contributed by atoms with E-state index in [9.17, 15) is 5.11 Å². The van der Waals surface area contributed by atoms with E-state index in [1.54, 1.807) is 11.3 Å². The molecule has 0 spiro atoms. The quantitative estimate of drug-likeness (QED) is 0.731. The first kappa shape index (κ1) is 16.1. The van der Waals surface area contributed by atoms with Crippen LogP contribution in [0.25, 0.3) is 0 Å². The Morgan fingerprint density at radius 3 is 2.76 bits per heavy atom. The van der Waals surface area contributed by atoms with Gasteiger partial charge in [0.15, 0.2) is 0 Å². The van der Waals surface area contributed by atoms with Crippen LogP contribution in [0.2, 0.25) is 0 Å². The Kier molecular flexibility index (Phi) is 6.32. The summed E-state index contributed by atoms with van der Waals surface area (Å²) in [6.07, 6.45) is 0.837. The Bertz CT molecular complexity index is 530. The number of ether oxygens (including phenoxy) is 1. The predicted octanol–water partition coefficient (Wildman–Crippen LogP) is 1.94. The molecule has 2 unspecified atom stereocenters. The van der Waals surface area contributed by atoms with Gasteiger partial charge in [0.25, 0.3) is 0 Å². The van der Waals surface area contributed by atoms with E-state index < -0.39 is 6.10 Å². The minimum Gasteiger partial charge on any atom is -0.389 e. The van der Waals surface area contributed by atoms with E-state index in [-0.39, 0.29) is 12.6 Å². The van der Waals surface area contributed by atoms with Gasteiger partial charge in [0.2, 0.25) is 0 Å². The molecule has 5 heteroatoms. The van der Waals surface area contributed by atoms with E-state index in [1.165, 1.54) is 4.88 Å². The van der Waals surface area contributed by atoms with Gasteiger partial charge in [0.1, 0.15) is 0 Å². The second kappa shape index (κ2) is 8.24. The third-order valence-electron chi connectivity index (χ3n) is 3.42. The summed E-state index contributed by atoms with van der Waals surface area (Å²) in [5, 5.41) is 10.0. The zero-order chi connectivity index (χ0) is 15.1. The molecule has 0 aliphatic heterocycles. The van der Waals surface area contributed by atoms with E-state index in [4.69, 9.17) is 10.5 Å². The van der Waals surface area contributed by atoms with Gasteiger partial charge < -0.3 is 15.6 Å². The van der Waals surface area contributed by atoms with Gasteiger partial charge in [-0.3, -0.25) is 0 Å². The summed E-state index contributed by atoms with van der Waals surface area (Å²) in [6, 6.07) is 9.64. The number of hydrogen-bond donors (Lipinski definition) is 2. The van der Waals surface area contributed by atoms with Crippen LogP contribution >= 0.6 is 11.3 Å². The molecular weight excluding hydrogens is 284 g/mol. The number of nitrogens with two attached hydrogens (primary N) is 1. The first-order chi connectivity index (χ1) is 10.2. The number of thiazole rings is 1. The fourth-order valence-corrected chi connectivity index (χ4v) is 2.84. The number of aliphatic hydroxyl groups excluding tert-OH is 1. The third-order valence-corrected chi connectivity index (χ3v) is 4.41. The standard InChI is InChI=1S/C16H22N2O2S/c1-12-16(21-11-18-12)7-8-20-10-15(19)14(17)9-13-5-3-2-4-6-13/h2-6,11,14-15,19H,7-10,17H2,1H3. The molecule has 0 aliphatic rings. The van der Waals surface area contributed by atoms with Gasteiger partial charge in [-0.15, -0.1) is 11.3 Å². The molecule has 4 nitrogen and oxygen atoms in total. The topological polar surface area (TPSA) is 68.4 Å². The molecule has 1 aromatic carbocycles. The fourth-order valence-electron chi connectivity index (χ4n) is 2.08. The summed E-state index contributed by atoms with van der Waals surface area (Å²) < 4.78 is 5.53. The highest BCUT2D eigenvalue weighted by atomic mass is 32.1. The van der Waals surface area contributed by atoms with Crippen molar-refractivity contribution in [2.24, 2.45) is 5.73 Å². The molecule has 3 N–H and O–H groups in total. The van der Waals surface area contributed by atoms with Crippen LogP contribution < -0.4 is 5.73 Å². The van der Waals surface area contributed by atoms with Crippen molar-refractivity contribution in [2.75, 3.05) is 13.2 Å². The molecule has 1 aromatic heterocycles. The van der Waals surface area contributed by atoms with Crippen molar-refractivity contribution in [3.8, 4) is 0 Å². The molecular formula is C16H22N2O2S. The number of aromatic nitrogens is 1. The largest absolute Gasteiger partial charge is 0.389 e. The zero-order valence-corrected chi connectivity index (χ0v) is 13.1. The molecule has 0 amide bonds. The highest BCUT2D eigenvalue weighted by Crippen LogP contribution is 2.12. The zero-order valence-electron chi connectivity index (χ0n) is 12.2. The first-order valence-corrected chi connectivity index (χ1v) is 7.99. The van der Waals surface area contributed by atoms with Crippen LogP contribution in [0.5, 0.6) is 0 Å². The van der Waals surface area contributed by atoms with Crippen molar-refractivity contribution >= 4 is 11.3 Å². The molecule has 0 aliphatic carbocycles. The van der Waals surface area contributed by atoms with E-state index in [0.717, 1.165) is 17.7 Å². The fraction of sp³-hybridized carbons (Fsp3) is 0.438. The van der Waals surface area contributed by atoms with Crippen LogP contribution in [-0.2, 0) is 17.6 Å². The average Bonchev–Trinajstić information content (AvgIpc) is 2.90. The van der Waals surface area contributed by atoms with Crippen molar-refractivity contribution in [3.63, 3.8) is 0 Å². The molecule has 1 heterocycles. The van der Waals surface area contributed by atoms with Crippen LogP contribution in [0.1, 0.15) is 16.1 Å². The molecule has 0 saturated heterocycles. The number of benzene rings is 1. The summed E-state index contributed by atoms with van der Waals surface area (Å²) in [4.78, 5) is 5.43. The molecule has 0 fully saturated rings. The van der Waals surface area contributed by atoms with E-state index in [0.29, 0.717) is 13.0 Å². The second-order valence-corrected chi connectivity index (χ2v) is 6.05. The lowest BCUT2D eigenvalue weighted by molar-refractivity contribution is 0.0248. The highest BCUT2D eigenvalue weighted by molar-refractivity contribution is 7.09. The van der Waals surface area contributed by atoms with Crippen molar-refractivity contribution in [2.45, 2.75) is 31.9 Å². The minimum atomic E-state index is -0.646. The second-order valence-electron chi connectivity index (χ2n) is 5.11. The van der Waals surface area contributed by atoms with Crippen LogP contribution in [0.15, 0.2) is 35.8 Å². The van der Waals surface area contributed by atoms with E-state index >= 15 is 0 Å². The van der Waals surface area contributed by atoms with Crippen molar-refractivity contribution in [1.29, 1.82) is 0 Å². The Hall–Kier alpha value is -1.27. The first-order valence-electron chi connectivity index (χ1n) is 7.11. The van der Waals surface area contributed by atoms with Gasteiger partial charge in [-0.25, -0.2) is 4.98 Å². The van der Waals surface area contributed by atoms with Crippen LogP contribution in [0, 0.1) is 6.92 Å². The molecule has 0 bridgehead atoms. The Labute approximate surface area is 129 Å². The lowest BCUT2D eigenvalue weighted by atomic mass is 10.0. The lowest BCUT2D eigenvalue weighted by Gasteiger charge is -2.19. The monoisotopic (exact) mass is 306 g/mol. The van der Waals surface area contributed by atoms with Crippen molar-refractivity contribution in [3.05, 3.63) is 52.0 Å². The third kappa shape index (κ3) is 5.21. The van der Waals surface area contributed by atoms with Gasteiger partial charge in [0.05, 0.1) is 30.5 Å². The molecule has 2 aromatic rings. The number of nitrogens with zero attached hydrogens (tertiary/aromatic N) is 1. The van der Waals surface area contributed by atoms with Gasteiger partial charge in [-0.1, -0.05) is 30.3 Å². The molecule has 2 rings (SSSR count). The Morgan fingerprint density at radius 1 is 1.33 bits per heavy atom. The highest BCUT2D eigenvalue weighted by Gasteiger charge is 2.15. The lowest BCUT2D eigenvalue weighted by Crippen LogP contribution is -2.39. The van der Waals surface area contributed by atoms with Gasteiger partial charge >= 0.3 is 0 Å². The van der Waals surface area contributed by atoms with Gasteiger partial charge in [-0.05, 0) is 18.9 Å². The normalized spacial score (nSPS) is 14.0. The predicted molar refractivity (Wildman–Crippen MR) is 85.5 cm³/mol. The molecule has 2 atom stereocenters. The minimum absolute atomic E-state index is 0.270. The summed E-state index contributed by atoms with van der Waals surface area (Å²) in [7, 11) is 0. The summed E-state index contributed by atoms with van der Waals surface area (Å²) in [5.41, 5.74) is 10.0. The van der Waals surface area contributed by atoms with Gasteiger partial charge in [-0.2, -0.15) is 0 Å². The summed E-state index contributed by atoms with van der Waals surface area (Å²) >= 11 is 1.64. The Balaban J connectivity index is 1.67. The maximum absolute atomic E-state index is 10.0. The van der Waals surface area contributed by atoms with Crippen molar-refractivity contribution in [1.82, 2.24) is 4.98 Å². The van der Waals surface area contributed by atoms with E-state index in [2.05, 4.69) is 4.98 Å². The van der Waals surface area contributed by atoms with Crippen LogP contribution in [0.4, 0.5) is 0 Å². The average molecular weight is 306 g/mol. The van der Waals surface area contributed by atoms with Gasteiger partial charge in [0, 0.05) is 17.3 Å². The maximum Gasteiger partial charge on any atom is 0.0927 e. The maximum atomic E-state index is 10.0. The molecule has 0 radical (unpaired) electrons. The molecule has 0 saturated carbocycles. The van der Waals surface area contributed by atoms with E-state index in [1.807, 2.05) is 42.8 Å². The summed E-state index contributed by atoms with van der Waals surface area (Å²) in [5.74, 6) is 0.